The van der Waals surface area contributed by atoms with E-state index in [0.29, 0.717) is 11.1 Å². The molecular weight excluding hydrogens is 210 g/mol. The largest absolute Gasteiger partial charge is 0.478 e. The van der Waals surface area contributed by atoms with Gasteiger partial charge in [-0.15, -0.1) is 0 Å². The molecule has 1 aromatic heterocycles. The number of oxazole rings is 1. The molecule has 1 aliphatic carbocycles. The van der Waals surface area contributed by atoms with Crippen LogP contribution in [-0.4, -0.2) is 15.6 Å². The maximum atomic E-state index is 11.6. The number of rotatable bonds is 2. The Morgan fingerprint density at radius 1 is 1.44 bits per heavy atom. The number of aromatic nitrogens is 1. The monoisotopic (exact) mass is 219 g/mol. The number of hydrogen-bond acceptors (Lipinski definition) is 3. The third-order valence-electron chi connectivity index (χ3n) is 2.77. The van der Waals surface area contributed by atoms with E-state index in [1.807, 2.05) is 0 Å². The quantitative estimate of drug-likeness (QED) is 0.833. The summed E-state index contributed by atoms with van der Waals surface area (Å²) in [7, 11) is 0. The second-order valence-electron chi connectivity index (χ2n) is 3.96. The topological polar surface area (TPSA) is 72.4 Å². The van der Waals surface area contributed by atoms with E-state index >= 15 is 0 Å². The average Bonchev–Trinajstić information content (AvgIpc) is 3.00. The van der Waals surface area contributed by atoms with E-state index in [1.54, 1.807) is 10.6 Å². The Hall–Kier alpha value is -2.04. The van der Waals surface area contributed by atoms with E-state index in [-0.39, 0.29) is 11.6 Å². The zero-order chi connectivity index (χ0) is 11.3. The van der Waals surface area contributed by atoms with Gasteiger partial charge in [0, 0.05) is 6.04 Å². The predicted octanol–water partition coefficient (Wildman–Crippen LogP) is 1.63. The number of carboxylic acid groups (broad SMARTS) is 1. The van der Waals surface area contributed by atoms with Crippen molar-refractivity contribution >= 4 is 17.1 Å². The van der Waals surface area contributed by atoms with Gasteiger partial charge in [-0.3, -0.25) is 4.57 Å². The molecule has 0 amide bonds. The predicted molar refractivity (Wildman–Crippen MR) is 55.7 cm³/mol. The molecule has 0 aliphatic heterocycles. The molecule has 3 rings (SSSR count). The Kier molecular flexibility index (Phi) is 1.71. The van der Waals surface area contributed by atoms with Crippen LogP contribution in [0.25, 0.3) is 11.1 Å². The summed E-state index contributed by atoms with van der Waals surface area (Å²) < 4.78 is 6.63. The van der Waals surface area contributed by atoms with Crippen LogP contribution in [-0.2, 0) is 0 Å². The molecule has 0 radical (unpaired) electrons. The second-order valence-corrected chi connectivity index (χ2v) is 3.96. The van der Waals surface area contributed by atoms with Gasteiger partial charge in [-0.05, 0) is 31.0 Å². The number of carbonyl (C=O) groups is 1. The molecule has 16 heavy (non-hydrogen) atoms. The highest BCUT2D eigenvalue weighted by Gasteiger charge is 2.28. The lowest BCUT2D eigenvalue weighted by Gasteiger charge is -1.97. The number of fused-ring (bicyclic) bond motifs is 1. The highest BCUT2D eigenvalue weighted by molar-refractivity contribution is 5.91. The number of aromatic carboxylic acids is 1. The van der Waals surface area contributed by atoms with E-state index in [2.05, 4.69) is 0 Å². The molecule has 1 aliphatic rings. The van der Waals surface area contributed by atoms with Crippen molar-refractivity contribution in [3.63, 3.8) is 0 Å². The fraction of sp³-hybridized carbons (Fsp3) is 0.273. The Morgan fingerprint density at radius 3 is 2.81 bits per heavy atom. The lowest BCUT2D eigenvalue weighted by atomic mass is 10.2. The highest BCUT2D eigenvalue weighted by atomic mass is 16.4. The molecule has 0 bridgehead atoms. The van der Waals surface area contributed by atoms with Crippen LogP contribution in [0.2, 0.25) is 0 Å². The highest BCUT2D eigenvalue weighted by Crippen LogP contribution is 2.36. The minimum atomic E-state index is -1.02. The number of benzene rings is 1. The van der Waals surface area contributed by atoms with Gasteiger partial charge in [0.2, 0.25) is 0 Å². The van der Waals surface area contributed by atoms with Gasteiger partial charge < -0.3 is 9.52 Å². The van der Waals surface area contributed by atoms with Gasteiger partial charge in [0.05, 0.1) is 11.1 Å². The molecule has 0 spiro atoms. The van der Waals surface area contributed by atoms with Gasteiger partial charge >= 0.3 is 11.7 Å². The average molecular weight is 219 g/mol. The Bertz CT molecular complexity index is 633. The van der Waals surface area contributed by atoms with Crippen LogP contribution >= 0.6 is 0 Å². The summed E-state index contributed by atoms with van der Waals surface area (Å²) in [5, 5.41) is 8.82. The van der Waals surface area contributed by atoms with Crippen LogP contribution in [0.4, 0.5) is 0 Å². The van der Waals surface area contributed by atoms with Crippen molar-refractivity contribution in [2.45, 2.75) is 18.9 Å². The number of hydrogen-bond donors (Lipinski definition) is 1. The van der Waals surface area contributed by atoms with Gasteiger partial charge in [-0.1, -0.05) is 0 Å². The molecule has 5 heteroatoms. The molecule has 1 N–H and O–H groups in total. The van der Waals surface area contributed by atoms with Gasteiger partial charge in [-0.25, -0.2) is 9.59 Å². The van der Waals surface area contributed by atoms with E-state index in [0.717, 1.165) is 12.8 Å². The van der Waals surface area contributed by atoms with Crippen molar-refractivity contribution < 1.29 is 14.3 Å². The molecule has 0 unspecified atom stereocenters. The van der Waals surface area contributed by atoms with Crippen LogP contribution in [0, 0.1) is 0 Å². The van der Waals surface area contributed by atoms with Gasteiger partial charge in [0.15, 0.2) is 5.58 Å². The van der Waals surface area contributed by atoms with E-state index in [9.17, 15) is 9.59 Å². The van der Waals surface area contributed by atoms with Crippen molar-refractivity contribution in [1.29, 1.82) is 0 Å². The first-order chi connectivity index (χ1) is 7.66. The van der Waals surface area contributed by atoms with Gasteiger partial charge in [0.1, 0.15) is 0 Å². The third-order valence-corrected chi connectivity index (χ3v) is 2.77. The molecule has 1 heterocycles. The first-order valence-electron chi connectivity index (χ1n) is 5.05. The van der Waals surface area contributed by atoms with Crippen LogP contribution in [0.3, 0.4) is 0 Å². The number of nitrogens with zero attached hydrogens (tertiary/aromatic N) is 1. The second kappa shape index (κ2) is 2.98. The van der Waals surface area contributed by atoms with Crippen LogP contribution in [0.15, 0.2) is 27.4 Å². The van der Waals surface area contributed by atoms with Crippen molar-refractivity contribution in [1.82, 2.24) is 4.57 Å². The van der Waals surface area contributed by atoms with Crippen LogP contribution in [0.1, 0.15) is 29.2 Å². The molecule has 1 aromatic carbocycles. The van der Waals surface area contributed by atoms with E-state index in [4.69, 9.17) is 9.52 Å². The maximum Gasteiger partial charge on any atom is 0.420 e. The summed E-state index contributed by atoms with van der Waals surface area (Å²) in [6, 6.07) is 4.72. The molecule has 0 atom stereocenters. The minimum absolute atomic E-state index is 0.129. The zero-order valence-electron chi connectivity index (χ0n) is 8.34. The fourth-order valence-electron chi connectivity index (χ4n) is 1.85. The first-order valence-corrected chi connectivity index (χ1v) is 5.05. The van der Waals surface area contributed by atoms with Crippen molar-refractivity contribution in [2.75, 3.05) is 0 Å². The third kappa shape index (κ3) is 1.25. The molecule has 1 fully saturated rings. The first kappa shape index (κ1) is 9.21. The Labute approximate surface area is 89.9 Å². The van der Waals surface area contributed by atoms with Gasteiger partial charge in [0.25, 0.3) is 0 Å². The van der Waals surface area contributed by atoms with Crippen LogP contribution < -0.4 is 5.76 Å². The SMILES string of the molecule is O=C(O)c1ccc2c(c1)oc(=O)n2C1CC1. The Balaban J connectivity index is 2.27. The summed E-state index contributed by atoms with van der Waals surface area (Å²) in [5.41, 5.74) is 1.15. The summed E-state index contributed by atoms with van der Waals surface area (Å²) in [5.74, 6) is -1.43. The summed E-state index contributed by atoms with van der Waals surface area (Å²) in [4.78, 5) is 22.3. The summed E-state index contributed by atoms with van der Waals surface area (Å²) >= 11 is 0. The maximum absolute atomic E-state index is 11.6. The van der Waals surface area contributed by atoms with Crippen molar-refractivity contribution in [2.24, 2.45) is 0 Å². The van der Waals surface area contributed by atoms with Crippen LogP contribution in [0.5, 0.6) is 0 Å². The lowest BCUT2D eigenvalue weighted by molar-refractivity contribution is 0.0697. The lowest BCUT2D eigenvalue weighted by Crippen LogP contribution is -2.11. The zero-order valence-corrected chi connectivity index (χ0v) is 8.34. The van der Waals surface area contributed by atoms with E-state index < -0.39 is 11.7 Å². The molecule has 1 saturated carbocycles. The molecule has 5 nitrogen and oxygen atoms in total. The Morgan fingerprint density at radius 2 is 2.19 bits per heavy atom. The van der Waals surface area contributed by atoms with Gasteiger partial charge in [-0.2, -0.15) is 0 Å². The smallest absolute Gasteiger partial charge is 0.420 e. The normalized spacial score (nSPS) is 15.5. The molecular formula is C11H9NO4. The number of carboxylic acids is 1. The standard InChI is InChI=1S/C11H9NO4/c13-10(14)6-1-4-8-9(5-6)16-11(15)12(8)7-2-3-7/h1,4-5,7H,2-3H2,(H,13,14). The summed E-state index contributed by atoms with van der Waals surface area (Å²) in [6.45, 7) is 0. The fourth-order valence-corrected chi connectivity index (χ4v) is 1.85. The minimum Gasteiger partial charge on any atom is -0.478 e. The van der Waals surface area contributed by atoms with E-state index in [1.165, 1.54) is 12.1 Å². The molecule has 82 valence electrons. The molecule has 2 aromatic rings. The molecule has 0 saturated heterocycles. The summed E-state index contributed by atoms with van der Waals surface area (Å²) in [6.07, 6.45) is 1.96. The van der Waals surface area contributed by atoms with Crippen molar-refractivity contribution in [3.05, 3.63) is 34.3 Å². The van der Waals surface area contributed by atoms with Crippen molar-refractivity contribution in [3.8, 4) is 0 Å².